The van der Waals surface area contributed by atoms with Crippen LogP contribution in [-0.4, -0.2) is 47.7 Å². The van der Waals surface area contributed by atoms with Crippen LogP contribution in [0.4, 0.5) is 0 Å². The van der Waals surface area contributed by atoms with E-state index in [2.05, 4.69) is 24.1 Å². The smallest absolute Gasteiger partial charge is 0.323 e. The zero-order chi connectivity index (χ0) is 11.3. The van der Waals surface area contributed by atoms with Crippen molar-refractivity contribution < 1.29 is 9.90 Å². The van der Waals surface area contributed by atoms with E-state index < -0.39 is 11.5 Å². The predicted octanol–water partition coefficient (Wildman–Crippen LogP) is 0.925. The number of carbonyl (C=O) groups is 1. The second-order valence-electron chi connectivity index (χ2n) is 4.19. The van der Waals surface area contributed by atoms with Gasteiger partial charge in [0.15, 0.2) is 0 Å². The molecule has 1 rings (SSSR count). The lowest BCUT2D eigenvalue weighted by Crippen LogP contribution is -2.58. The predicted molar refractivity (Wildman–Crippen MR) is 60.0 cm³/mol. The summed E-state index contributed by atoms with van der Waals surface area (Å²) in [5.74, 6) is -0.687. The van der Waals surface area contributed by atoms with E-state index in [0.717, 1.165) is 45.4 Å². The zero-order valence-electron chi connectivity index (χ0n) is 9.75. The molecule has 0 aromatic carbocycles. The van der Waals surface area contributed by atoms with Gasteiger partial charge in [-0.2, -0.15) is 0 Å². The van der Waals surface area contributed by atoms with Crippen molar-refractivity contribution >= 4 is 5.97 Å². The van der Waals surface area contributed by atoms with Crippen LogP contribution in [0.5, 0.6) is 0 Å². The Morgan fingerprint density at radius 3 is 2.33 bits per heavy atom. The van der Waals surface area contributed by atoms with Gasteiger partial charge in [-0.25, -0.2) is 0 Å². The third-order valence-corrected chi connectivity index (χ3v) is 3.40. The maximum atomic E-state index is 11.0. The second-order valence-corrected chi connectivity index (χ2v) is 4.19. The lowest BCUT2D eigenvalue weighted by Gasteiger charge is -2.39. The first-order valence-electron chi connectivity index (χ1n) is 5.85. The van der Waals surface area contributed by atoms with E-state index in [1.807, 2.05) is 0 Å². The number of hydrogen-bond acceptors (Lipinski definition) is 3. The third kappa shape index (κ3) is 2.92. The fourth-order valence-corrected chi connectivity index (χ4v) is 1.99. The molecule has 1 fully saturated rings. The Balaban J connectivity index is 2.26. The summed E-state index contributed by atoms with van der Waals surface area (Å²) >= 11 is 0. The minimum atomic E-state index is -0.687. The molecule has 2 N–H and O–H groups in total. The molecule has 1 aliphatic carbocycles. The maximum absolute atomic E-state index is 11.0. The Kier molecular flexibility index (Phi) is 4.54. The summed E-state index contributed by atoms with van der Waals surface area (Å²) in [6, 6.07) is 0. The van der Waals surface area contributed by atoms with Gasteiger partial charge >= 0.3 is 5.97 Å². The average Bonchev–Trinajstić information content (AvgIpc) is 2.15. The van der Waals surface area contributed by atoms with Crippen molar-refractivity contribution in [1.82, 2.24) is 10.2 Å². The van der Waals surface area contributed by atoms with Crippen LogP contribution in [-0.2, 0) is 4.79 Å². The monoisotopic (exact) mass is 214 g/mol. The van der Waals surface area contributed by atoms with E-state index in [-0.39, 0.29) is 0 Å². The Labute approximate surface area is 91.6 Å². The van der Waals surface area contributed by atoms with Crippen molar-refractivity contribution in [2.45, 2.75) is 38.6 Å². The van der Waals surface area contributed by atoms with Crippen molar-refractivity contribution in [2.24, 2.45) is 0 Å². The fraction of sp³-hybridized carbons (Fsp3) is 0.909. The minimum Gasteiger partial charge on any atom is -0.480 e. The molecule has 15 heavy (non-hydrogen) atoms. The molecule has 1 saturated carbocycles. The van der Waals surface area contributed by atoms with Crippen molar-refractivity contribution in [1.29, 1.82) is 0 Å². The standard InChI is InChI=1S/C11H22N2O2/c1-3-13(4-2)9-8-12-11(10(14)15)6-5-7-11/h12H,3-9H2,1-2H3,(H,14,15). The molecule has 0 aromatic heterocycles. The molecule has 4 heteroatoms. The lowest BCUT2D eigenvalue weighted by molar-refractivity contribution is -0.148. The number of hydrogen-bond donors (Lipinski definition) is 2. The van der Waals surface area contributed by atoms with Crippen LogP contribution >= 0.6 is 0 Å². The Morgan fingerprint density at radius 2 is 2.00 bits per heavy atom. The highest BCUT2D eigenvalue weighted by atomic mass is 16.4. The first kappa shape index (κ1) is 12.5. The van der Waals surface area contributed by atoms with Gasteiger partial charge in [-0.3, -0.25) is 4.79 Å². The Hall–Kier alpha value is -0.610. The molecule has 0 heterocycles. The van der Waals surface area contributed by atoms with Gasteiger partial charge in [-0.15, -0.1) is 0 Å². The molecule has 0 radical (unpaired) electrons. The number of rotatable bonds is 7. The normalized spacial score (nSPS) is 18.9. The molecule has 0 bridgehead atoms. The van der Waals surface area contributed by atoms with Crippen LogP contribution in [0.2, 0.25) is 0 Å². The largest absolute Gasteiger partial charge is 0.480 e. The highest BCUT2D eigenvalue weighted by Crippen LogP contribution is 2.31. The summed E-state index contributed by atoms with van der Waals surface area (Å²) in [4.78, 5) is 13.3. The van der Waals surface area contributed by atoms with E-state index in [9.17, 15) is 4.79 Å². The van der Waals surface area contributed by atoms with Crippen LogP contribution in [0.15, 0.2) is 0 Å². The molecule has 4 nitrogen and oxygen atoms in total. The summed E-state index contributed by atoms with van der Waals surface area (Å²) in [7, 11) is 0. The van der Waals surface area contributed by atoms with Crippen molar-refractivity contribution in [3.63, 3.8) is 0 Å². The molecule has 0 aliphatic heterocycles. The molecule has 0 aromatic rings. The Bertz CT molecular complexity index is 211. The first-order chi connectivity index (χ1) is 7.14. The van der Waals surface area contributed by atoms with Crippen LogP contribution in [0.3, 0.4) is 0 Å². The summed E-state index contributed by atoms with van der Waals surface area (Å²) < 4.78 is 0. The average molecular weight is 214 g/mol. The fourth-order valence-electron chi connectivity index (χ4n) is 1.99. The summed E-state index contributed by atoms with van der Waals surface area (Å²) in [6.07, 6.45) is 2.59. The van der Waals surface area contributed by atoms with Gasteiger partial charge in [0.2, 0.25) is 0 Å². The van der Waals surface area contributed by atoms with Crippen molar-refractivity contribution in [3.8, 4) is 0 Å². The van der Waals surface area contributed by atoms with Crippen LogP contribution in [0, 0.1) is 0 Å². The highest BCUT2D eigenvalue weighted by Gasteiger charge is 2.43. The van der Waals surface area contributed by atoms with Gasteiger partial charge in [0.1, 0.15) is 5.54 Å². The minimum absolute atomic E-state index is 0.604. The van der Waals surface area contributed by atoms with Crippen molar-refractivity contribution in [3.05, 3.63) is 0 Å². The third-order valence-electron chi connectivity index (χ3n) is 3.40. The molecular weight excluding hydrogens is 192 g/mol. The summed E-state index contributed by atoms with van der Waals surface area (Å²) in [6.45, 7) is 8.01. The highest BCUT2D eigenvalue weighted by molar-refractivity contribution is 5.79. The van der Waals surface area contributed by atoms with E-state index in [4.69, 9.17) is 5.11 Å². The summed E-state index contributed by atoms with van der Waals surface area (Å²) in [5, 5.41) is 12.3. The van der Waals surface area contributed by atoms with E-state index >= 15 is 0 Å². The number of carboxylic acids is 1. The molecule has 88 valence electrons. The van der Waals surface area contributed by atoms with Crippen LogP contribution < -0.4 is 5.32 Å². The van der Waals surface area contributed by atoms with Crippen molar-refractivity contribution in [2.75, 3.05) is 26.2 Å². The van der Waals surface area contributed by atoms with Crippen LogP contribution in [0.1, 0.15) is 33.1 Å². The quantitative estimate of drug-likeness (QED) is 0.662. The van der Waals surface area contributed by atoms with Gasteiger partial charge in [0, 0.05) is 13.1 Å². The molecule has 1 aliphatic rings. The topological polar surface area (TPSA) is 52.6 Å². The van der Waals surface area contributed by atoms with E-state index in [1.165, 1.54) is 0 Å². The molecule has 0 amide bonds. The zero-order valence-corrected chi connectivity index (χ0v) is 9.75. The SMILES string of the molecule is CCN(CC)CCNC1(C(=O)O)CCC1. The second kappa shape index (κ2) is 5.47. The number of likely N-dealkylation sites (N-methyl/N-ethyl adjacent to an activating group) is 1. The number of aliphatic carboxylic acids is 1. The maximum Gasteiger partial charge on any atom is 0.323 e. The van der Waals surface area contributed by atoms with E-state index in [0.29, 0.717) is 0 Å². The van der Waals surface area contributed by atoms with Gasteiger partial charge in [-0.05, 0) is 32.4 Å². The van der Waals surface area contributed by atoms with Gasteiger partial charge < -0.3 is 15.3 Å². The van der Waals surface area contributed by atoms with E-state index in [1.54, 1.807) is 0 Å². The molecule has 0 atom stereocenters. The number of nitrogens with zero attached hydrogens (tertiary/aromatic N) is 1. The van der Waals surface area contributed by atoms with Gasteiger partial charge in [-0.1, -0.05) is 13.8 Å². The summed E-state index contributed by atoms with van der Waals surface area (Å²) in [5.41, 5.74) is -0.604. The van der Waals surface area contributed by atoms with Crippen LogP contribution in [0.25, 0.3) is 0 Å². The molecule has 0 saturated heterocycles. The van der Waals surface area contributed by atoms with Gasteiger partial charge in [0.05, 0.1) is 0 Å². The molecular formula is C11H22N2O2. The number of carboxylic acid groups (broad SMARTS) is 1. The molecule has 0 unspecified atom stereocenters. The Morgan fingerprint density at radius 1 is 1.40 bits per heavy atom. The first-order valence-corrected chi connectivity index (χ1v) is 5.85. The van der Waals surface area contributed by atoms with Gasteiger partial charge in [0.25, 0.3) is 0 Å². The number of nitrogens with one attached hydrogen (secondary N) is 1. The lowest BCUT2D eigenvalue weighted by atomic mass is 9.77. The molecule has 0 spiro atoms.